The summed E-state index contributed by atoms with van der Waals surface area (Å²) in [4.78, 5) is 26.8. The van der Waals surface area contributed by atoms with Crippen LogP contribution in [0.15, 0.2) is 42.5 Å². The quantitative estimate of drug-likeness (QED) is 0.709. The van der Waals surface area contributed by atoms with E-state index in [1.165, 1.54) is 0 Å². The fourth-order valence-electron chi connectivity index (χ4n) is 3.28. The van der Waals surface area contributed by atoms with Crippen LogP contribution in [0.4, 0.5) is 11.4 Å². The molecule has 2 aromatic rings. The number of rotatable bonds is 6. The highest BCUT2D eigenvalue weighted by molar-refractivity contribution is 6.42. The summed E-state index contributed by atoms with van der Waals surface area (Å²) in [5.74, 6) is 0.502. The van der Waals surface area contributed by atoms with E-state index in [0.717, 1.165) is 5.69 Å². The molecule has 1 saturated heterocycles. The second kappa shape index (κ2) is 9.96. The summed E-state index contributed by atoms with van der Waals surface area (Å²) < 4.78 is 5.18. The molecule has 3 rings (SSSR count). The van der Waals surface area contributed by atoms with Gasteiger partial charge in [-0.05, 0) is 56.3 Å². The van der Waals surface area contributed by atoms with Gasteiger partial charge in [0, 0.05) is 23.4 Å². The van der Waals surface area contributed by atoms with Crippen LogP contribution in [0.5, 0.6) is 5.75 Å². The van der Waals surface area contributed by atoms with Gasteiger partial charge in [-0.3, -0.25) is 14.5 Å². The number of methoxy groups -OCH3 is 1. The van der Waals surface area contributed by atoms with Crippen LogP contribution >= 0.6 is 23.2 Å². The Labute approximate surface area is 180 Å². The lowest BCUT2D eigenvalue weighted by Crippen LogP contribution is -2.41. The minimum atomic E-state index is -0.123. The first-order chi connectivity index (χ1) is 13.9. The molecule has 1 heterocycles. The second-order valence-corrected chi connectivity index (χ2v) is 7.76. The van der Waals surface area contributed by atoms with E-state index in [4.69, 9.17) is 27.9 Å². The number of hydrogen-bond donors (Lipinski definition) is 2. The van der Waals surface area contributed by atoms with Crippen molar-refractivity contribution in [3.8, 4) is 5.75 Å². The average molecular weight is 436 g/mol. The number of likely N-dealkylation sites (tertiary alicyclic amines) is 1. The highest BCUT2D eigenvalue weighted by atomic mass is 35.5. The number of carbonyl (C=O) groups excluding carboxylic acids is 2. The van der Waals surface area contributed by atoms with Crippen LogP contribution in [0.25, 0.3) is 0 Å². The van der Waals surface area contributed by atoms with E-state index in [1.807, 2.05) is 23.1 Å². The molecule has 0 atom stereocenters. The molecule has 2 amide bonds. The van der Waals surface area contributed by atoms with Crippen LogP contribution in [0, 0.1) is 5.92 Å². The molecule has 2 aromatic carbocycles. The van der Waals surface area contributed by atoms with Crippen LogP contribution in [0.2, 0.25) is 10.0 Å². The Hall–Kier alpha value is -2.28. The zero-order valence-corrected chi connectivity index (χ0v) is 17.6. The number of piperidine rings is 1. The molecule has 1 aliphatic heterocycles. The molecule has 154 valence electrons. The highest BCUT2D eigenvalue weighted by Gasteiger charge is 2.26. The van der Waals surface area contributed by atoms with Gasteiger partial charge in [-0.2, -0.15) is 0 Å². The monoisotopic (exact) mass is 435 g/mol. The fraction of sp³-hybridized carbons (Fsp3) is 0.333. The third-order valence-electron chi connectivity index (χ3n) is 4.87. The van der Waals surface area contributed by atoms with Crippen molar-refractivity contribution >= 4 is 46.4 Å². The van der Waals surface area contributed by atoms with E-state index in [1.54, 1.807) is 31.4 Å². The van der Waals surface area contributed by atoms with Crippen LogP contribution < -0.4 is 15.4 Å². The van der Waals surface area contributed by atoms with Gasteiger partial charge in [-0.25, -0.2) is 0 Å². The first kappa shape index (κ1) is 21.4. The summed E-state index contributed by atoms with van der Waals surface area (Å²) in [6.07, 6.45) is 1.41. The maximum Gasteiger partial charge on any atom is 0.238 e. The molecule has 0 unspecified atom stereocenters. The molecule has 0 saturated carbocycles. The van der Waals surface area contributed by atoms with E-state index < -0.39 is 0 Å². The van der Waals surface area contributed by atoms with Crippen LogP contribution in [-0.2, 0) is 9.59 Å². The molecular weight excluding hydrogens is 413 g/mol. The maximum atomic E-state index is 12.5. The molecule has 29 heavy (non-hydrogen) atoms. The van der Waals surface area contributed by atoms with Gasteiger partial charge in [0.15, 0.2) is 0 Å². The SMILES string of the molecule is COc1cccc(NC(=O)C2CCN(CC(=O)Nc3ccc(Cl)c(Cl)c3)CC2)c1. The predicted octanol–water partition coefficient (Wildman–Crippen LogP) is 4.29. The summed E-state index contributed by atoms with van der Waals surface area (Å²) in [5, 5.41) is 6.60. The van der Waals surface area contributed by atoms with Crippen molar-refractivity contribution in [3.05, 3.63) is 52.5 Å². The topological polar surface area (TPSA) is 70.7 Å². The summed E-state index contributed by atoms with van der Waals surface area (Å²) >= 11 is 11.9. The van der Waals surface area contributed by atoms with Gasteiger partial charge >= 0.3 is 0 Å². The summed E-state index contributed by atoms with van der Waals surface area (Å²) in [6.45, 7) is 1.64. The minimum absolute atomic E-state index is 0.00170. The zero-order chi connectivity index (χ0) is 20.8. The van der Waals surface area contributed by atoms with Crippen molar-refractivity contribution in [1.82, 2.24) is 4.90 Å². The number of anilines is 2. The number of hydrogen-bond acceptors (Lipinski definition) is 4. The van der Waals surface area contributed by atoms with Gasteiger partial charge in [0.25, 0.3) is 0 Å². The Morgan fingerprint density at radius 1 is 1.03 bits per heavy atom. The highest BCUT2D eigenvalue weighted by Crippen LogP contribution is 2.25. The summed E-state index contributed by atoms with van der Waals surface area (Å²) in [7, 11) is 1.59. The number of nitrogens with one attached hydrogen (secondary N) is 2. The van der Waals surface area contributed by atoms with E-state index in [2.05, 4.69) is 10.6 Å². The lowest BCUT2D eigenvalue weighted by atomic mass is 9.96. The van der Waals surface area contributed by atoms with E-state index in [9.17, 15) is 9.59 Å². The number of carbonyl (C=O) groups is 2. The average Bonchev–Trinajstić information content (AvgIpc) is 2.71. The number of halogens is 2. The third kappa shape index (κ3) is 6.10. The van der Waals surface area contributed by atoms with Crippen molar-refractivity contribution in [2.45, 2.75) is 12.8 Å². The van der Waals surface area contributed by atoms with Gasteiger partial charge < -0.3 is 15.4 Å². The normalized spacial score (nSPS) is 15.0. The summed E-state index contributed by atoms with van der Waals surface area (Å²) in [5.41, 5.74) is 1.33. The van der Waals surface area contributed by atoms with E-state index >= 15 is 0 Å². The zero-order valence-electron chi connectivity index (χ0n) is 16.1. The van der Waals surface area contributed by atoms with Crippen LogP contribution in [0.1, 0.15) is 12.8 Å². The van der Waals surface area contributed by atoms with E-state index in [-0.39, 0.29) is 24.3 Å². The minimum Gasteiger partial charge on any atom is -0.497 e. The second-order valence-electron chi connectivity index (χ2n) is 6.95. The Kier molecular flexibility index (Phi) is 7.36. The van der Waals surface area contributed by atoms with Gasteiger partial charge in [0.05, 0.1) is 23.7 Å². The molecule has 0 bridgehead atoms. The van der Waals surface area contributed by atoms with Crippen LogP contribution in [-0.4, -0.2) is 43.5 Å². The number of nitrogens with zero attached hydrogens (tertiary/aromatic N) is 1. The Balaban J connectivity index is 1.45. The van der Waals surface area contributed by atoms with Gasteiger partial charge in [0.1, 0.15) is 5.75 Å². The standard InChI is InChI=1S/C21H23Cl2N3O3/c1-29-17-4-2-3-15(11-17)25-21(28)14-7-9-26(10-8-14)13-20(27)24-16-5-6-18(22)19(23)12-16/h2-6,11-12,14H,7-10,13H2,1H3,(H,24,27)(H,25,28). The maximum absolute atomic E-state index is 12.5. The van der Waals surface area contributed by atoms with Crippen LogP contribution in [0.3, 0.4) is 0 Å². The van der Waals surface area contributed by atoms with Gasteiger partial charge in [-0.1, -0.05) is 29.3 Å². The van der Waals surface area contributed by atoms with Crippen molar-refractivity contribution in [2.24, 2.45) is 5.92 Å². The molecule has 0 aliphatic carbocycles. The predicted molar refractivity (Wildman–Crippen MR) is 116 cm³/mol. The van der Waals surface area contributed by atoms with Gasteiger partial charge in [-0.15, -0.1) is 0 Å². The van der Waals surface area contributed by atoms with E-state index in [0.29, 0.717) is 47.4 Å². The first-order valence-electron chi connectivity index (χ1n) is 9.37. The van der Waals surface area contributed by atoms with Crippen molar-refractivity contribution in [1.29, 1.82) is 0 Å². The molecule has 0 spiro atoms. The fourth-order valence-corrected chi connectivity index (χ4v) is 3.57. The summed E-state index contributed by atoms with van der Waals surface area (Å²) in [6, 6.07) is 12.3. The largest absolute Gasteiger partial charge is 0.497 e. The van der Waals surface area contributed by atoms with Gasteiger partial charge in [0.2, 0.25) is 11.8 Å². The molecule has 2 N–H and O–H groups in total. The third-order valence-corrected chi connectivity index (χ3v) is 5.61. The van der Waals surface area contributed by atoms with Crippen molar-refractivity contribution in [2.75, 3.05) is 37.4 Å². The Morgan fingerprint density at radius 2 is 1.76 bits per heavy atom. The number of benzene rings is 2. The molecule has 8 heteroatoms. The molecule has 0 aromatic heterocycles. The molecule has 1 aliphatic rings. The molecule has 6 nitrogen and oxygen atoms in total. The first-order valence-corrected chi connectivity index (χ1v) is 10.1. The Morgan fingerprint density at radius 3 is 2.45 bits per heavy atom. The smallest absolute Gasteiger partial charge is 0.238 e. The number of ether oxygens (including phenoxy) is 1. The lowest BCUT2D eigenvalue weighted by molar-refractivity contribution is -0.121. The van der Waals surface area contributed by atoms with Crippen molar-refractivity contribution < 1.29 is 14.3 Å². The lowest BCUT2D eigenvalue weighted by Gasteiger charge is -2.30. The Bertz CT molecular complexity index is 883. The molecule has 0 radical (unpaired) electrons. The molecule has 1 fully saturated rings. The van der Waals surface area contributed by atoms with Crippen molar-refractivity contribution in [3.63, 3.8) is 0 Å². The number of amides is 2. The molecular formula is C21H23Cl2N3O3.